The lowest BCUT2D eigenvalue weighted by molar-refractivity contribution is 0.399. The van der Waals surface area contributed by atoms with Crippen LogP contribution in [-0.2, 0) is 0 Å². The molecular weight excluding hydrogens is 162 g/mol. The number of nitrogens with one attached hydrogen (secondary N) is 1. The van der Waals surface area contributed by atoms with E-state index in [0.29, 0.717) is 6.04 Å². The van der Waals surface area contributed by atoms with Gasteiger partial charge in [-0.25, -0.2) is 0 Å². The third-order valence-corrected chi connectivity index (χ3v) is 2.64. The highest BCUT2D eigenvalue weighted by molar-refractivity contribution is 5.04. The van der Waals surface area contributed by atoms with Gasteiger partial charge in [-0.3, -0.25) is 0 Å². The summed E-state index contributed by atoms with van der Waals surface area (Å²) >= 11 is 0. The summed E-state index contributed by atoms with van der Waals surface area (Å²) in [6.07, 6.45) is 5.65. The minimum atomic E-state index is 0.413. The summed E-state index contributed by atoms with van der Waals surface area (Å²) in [5.74, 6) is 2.01. The molecule has 1 aromatic heterocycles. The van der Waals surface area contributed by atoms with Crippen LogP contribution in [0.2, 0.25) is 0 Å². The van der Waals surface area contributed by atoms with Crippen molar-refractivity contribution >= 4 is 0 Å². The molecule has 2 nitrogen and oxygen atoms in total. The van der Waals surface area contributed by atoms with Gasteiger partial charge in [0, 0.05) is 0 Å². The van der Waals surface area contributed by atoms with E-state index in [1.807, 2.05) is 12.1 Å². The van der Waals surface area contributed by atoms with Gasteiger partial charge in [0.25, 0.3) is 0 Å². The van der Waals surface area contributed by atoms with Gasteiger partial charge in [-0.15, -0.1) is 0 Å². The van der Waals surface area contributed by atoms with Crippen LogP contribution in [0.4, 0.5) is 0 Å². The summed E-state index contributed by atoms with van der Waals surface area (Å²) in [5, 5.41) is 3.54. The van der Waals surface area contributed by atoms with Crippen LogP contribution >= 0.6 is 0 Å². The number of hydrogen-bond acceptors (Lipinski definition) is 2. The zero-order chi connectivity index (χ0) is 9.10. The Kier molecular flexibility index (Phi) is 2.69. The average Bonchev–Trinajstić information content (AvgIpc) is 2.81. The Balaban J connectivity index is 1.85. The molecule has 0 amide bonds. The molecule has 2 rings (SSSR count). The maximum atomic E-state index is 5.38. The first kappa shape index (κ1) is 8.82. The van der Waals surface area contributed by atoms with Crippen molar-refractivity contribution in [2.45, 2.75) is 32.2 Å². The van der Waals surface area contributed by atoms with Gasteiger partial charge < -0.3 is 9.73 Å². The van der Waals surface area contributed by atoms with E-state index < -0.39 is 0 Å². The molecule has 13 heavy (non-hydrogen) atoms. The lowest BCUT2D eigenvalue weighted by Gasteiger charge is -2.13. The monoisotopic (exact) mass is 179 g/mol. The van der Waals surface area contributed by atoms with Gasteiger partial charge in [0.05, 0.1) is 12.3 Å². The van der Waals surface area contributed by atoms with Crippen molar-refractivity contribution in [3.63, 3.8) is 0 Å². The molecule has 1 heterocycles. The highest BCUT2D eigenvalue weighted by Crippen LogP contribution is 2.29. The molecule has 1 unspecified atom stereocenters. The quantitative estimate of drug-likeness (QED) is 0.751. The van der Waals surface area contributed by atoms with Gasteiger partial charge in [0.1, 0.15) is 5.76 Å². The lowest BCUT2D eigenvalue weighted by Crippen LogP contribution is -2.22. The fraction of sp³-hybridized carbons (Fsp3) is 0.636. The summed E-state index contributed by atoms with van der Waals surface area (Å²) in [4.78, 5) is 0. The predicted octanol–water partition coefficient (Wildman–Crippen LogP) is 2.73. The second-order valence-corrected chi connectivity index (χ2v) is 3.83. The van der Waals surface area contributed by atoms with E-state index >= 15 is 0 Å². The van der Waals surface area contributed by atoms with Crippen LogP contribution in [0.1, 0.15) is 38.0 Å². The molecule has 0 aromatic carbocycles. The summed E-state index contributed by atoms with van der Waals surface area (Å²) < 4.78 is 5.38. The Bertz CT molecular complexity index is 239. The topological polar surface area (TPSA) is 25.2 Å². The highest BCUT2D eigenvalue weighted by Gasteiger charge is 2.22. The predicted molar refractivity (Wildman–Crippen MR) is 52.5 cm³/mol. The normalized spacial score (nSPS) is 18.8. The number of hydrogen-bond donors (Lipinski definition) is 1. The van der Waals surface area contributed by atoms with E-state index in [4.69, 9.17) is 4.42 Å². The highest BCUT2D eigenvalue weighted by atomic mass is 16.3. The molecule has 1 atom stereocenters. The van der Waals surface area contributed by atoms with E-state index in [1.165, 1.54) is 12.8 Å². The molecule has 0 bridgehead atoms. The van der Waals surface area contributed by atoms with Crippen molar-refractivity contribution in [3.8, 4) is 0 Å². The fourth-order valence-electron chi connectivity index (χ4n) is 1.57. The van der Waals surface area contributed by atoms with Crippen molar-refractivity contribution in [3.05, 3.63) is 24.2 Å². The first-order chi connectivity index (χ1) is 6.40. The van der Waals surface area contributed by atoms with E-state index in [-0.39, 0.29) is 0 Å². The molecular formula is C11H17NO. The van der Waals surface area contributed by atoms with E-state index in [0.717, 1.165) is 24.6 Å². The zero-order valence-corrected chi connectivity index (χ0v) is 8.12. The zero-order valence-electron chi connectivity index (χ0n) is 8.12. The molecule has 1 aliphatic rings. The van der Waals surface area contributed by atoms with Crippen molar-refractivity contribution in [2.24, 2.45) is 5.92 Å². The Morgan fingerprint density at radius 3 is 3.00 bits per heavy atom. The van der Waals surface area contributed by atoms with Gasteiger partial charge in [-0.2, -0.15) is 0 Å². The van der Waals surface area contributed by atoms with Gasteiger partial charge >= 0.3 is 0 Å². The molecule has 0 spiro atoms. The SMILES string of the molecule is CCC(NCC1CC1)c1ccco1. The summed E-state index contributed by atoms with van der Waals surface area (Å²) in [6.45, 7) is 3.34. The van der Waals surface area contributed by atoms with E-state index in [1.54, 1.807) is 6.26 Å². The van der Waals surface area contributed by atoms with Crippen LogP contribution < -0.4 is 5.32 Å². The van der Waals surface area contributed by atoms with Crippen molar-refractivity contribution in [1.29, 1.82) is 0 Å². The smallest absolute Gasteiger partial charge is 0.120 e. The average molecular weight is 179 g/mol. The van der Waals surface area contributed by atoms with Crippen LogP contribution in [0.25, 0.3) is 0 Å². The lowest BCUT2D eigenvalue weighted by atomic mass is 10.1. The number of furan rings is 1. The third-order valence-electron chi connectivity index (χ3n) is 2.64. The second-order valence-electron chi connectivity index (χ2n) is 3.83. The van der Waals surface area contributed by atoms with Crippen molar-refractivity contribution in [2.75, 3.05) is 6.54 Å². The Hall–Kier alpha value is -0.760. The molecule has 1 saturated carbocycles. The molecule has 1 N–H and O–H groups in total. The van der Waals surface area contributed by atoms with Gasteiger partial charge in [0.15, 0.2) is 0 Å². The van der Waals surface area contributed by atoms with Gasteiger partial charge in [-0.1, -0.05) is 6.92 Å². The largest absolute Gasteiger partial charge is 0.468 e. The van der Waals surface area contributed by atoms with Crippen LogP contribution in [0, 0.1) is 5.92 Å². The summed E-state index contributed by atoms with van der Waals surface area (Å²) in [5.41, 5.74) is 0. The van der Waals surface area contributed by atoms with E-state index in [9.17, 15) is 0 Å². The first-order valence-electron chi connectivity index (χ1n) is 5.17. The maximum Gasteiger partial charge on any atom is 0.120 e. The fourth-order valence-corrected chi connectivity index (χ4v) is 1.57. The second kappa shape index (κ2) is 3.97. The molecule has 0 aliphatic heterocycles. The van der Waals surface area contributed by atoms with Crippen LogP contribution in [0.3, 0.4) is 0 Å². The summed E-state index contributed by atoms with van der Waals surface area (Å²) in [6, 6.07) is 4.42. The Labute approximate surface area is 79.3 Å². The van der Waals surface area contributed by atoms with Crippen LogP contribution in [-0.4, -0.2) is 6.54 Å². The summed E-state index contributed by atoms with van der Waals surface area (Å²) in [7, 11) is 0. The third kappa shape index (κ3) is 2.34. The molecule has 0 radical (unpaired) electrons. The standard InChI is InChI=1S/C11H17NO/c1-2-10(11-4-3-7-13-11)12-8-9-5-6-9/h3-4,7,9-10,12H,2,5-6,8H2,1H3. The molecule has 1 aromatic rings. The van der Waals surface area contributed by atoms with Crippen LogP contribution in [0.15, 0.2) is 22.8 Å². The van der Waals surface area contributed by atoms with Crippen LogP contribution in [0.5, 0.6) is 0 Å². The first-order valence-corrected chi connectivity index (χ1v) is 5.17. The minimum Gasteiger partial charge on any atom is -0.468 e. The van der Waals surface area contributed by atoms with E-state index in [2.05, 4.69) is 12.2 Å². The molecule has 72 valence electrons. The maximum absolute atomic E-state index is 5.38. The van der Waals surface area contributed by atoms with Gasteiger partial charge in [0.2, 0.25) is 0 Å². The number of rotatable bonds is 5. The van der Waals surface area contributed by atoms with Crippen molar-refractivity contribution in [1.82, 2.24) is 5.32 Å². The van der Waals surface area contributed by atoms with Crippen molar-refractivity contribution < 1.29 is 4.42 Å². The molecule has 1 fully saturated rings. The minimum absolute atomic E-state index is 0.413. The Morgan fingerprint density at radius 1 is 1.62 bits per heavy atom. The molecule has 1 aliphatic carbocycles. The molecule has 2 heteroatoms. The molecule has 0 saturated heterocycles. The Morgan fingerprint density at radius 2 is 2.46 bits per heavy atom. The van der Waals surface area contributed by atoms with Gasteiger partial charge in [-0.05, 0) is 43.9 Å².